The van der Waals surface area contributed by atoms with Crippen LogP contribution in [0.4, 0.5) is 0 Å². The topological polar surface area (TPSA) is 77.2 Å². The Kier molecular flexibility index (Phi) is 6.63. The van der Waals surface area contributed by atoms with Gasteiger partial charge in [-0.15, -0.1) is 0 Å². The molecule has 2 unspecified atom stereocenters. The van der Waals surface area contributed by atoms with Crippen molar-refractivity contribution in [3.05, 3.63) is 0 Å². The van der Waals surface area contributed by atoms with Crippen LogP contribution in [0, 0.1) is 0 Å². The third-order valence-corrected chi connectivity index (χ3v) is 6.52. The van der Waals surface area contributed by atoms with Crippen molar-refractivity contribution >= 4 is 20.6 Å². The molecule has 0 spiro atoms. The van der Waals surface area contributed by atoms with Gasteiger partial charge in [-0.05, 0) is 26.8 Å². The fraction of sp³-hybridized carbons (Fsp3) is 1.00. The molecule has 4 nitrogen and oxygen atoms in total. The number of hydrogen-bond acceptors (Lipinski definition) is 4. The van der Waals surface area contributed by atoms with E-state index in [4.69, 9.17) is 5.73 Å². The van der Waals surface area contributed by atoms with Crippen LogP contribution in [0.2, 0.25) is 0 Å². The zero-order chi connectivity index (χ0) is 12.1. The Balaban J connectivity index is 4.12. The highest BCUT2D eigenvalue weighted by atomic mass is 32.2. The molecule has 0 bridgehead atoms. The highest BCUT2D eigenvalue weighted by Crippen LogP contribution is 2.05. The molecule has 0 saturated carbocycles. The summed E-state index contributed by atoms with van der Waals surface area (Å²) in [6.07, 6.45) is 0.675. The van der Waals surface area contributed by atoms with Crippen molar-refractivity contribution in [2.45, 2.75) is 37.7 Å². The molecule has 0 rings (SSSR count). The van der Waals surface area contributed by atoms with Gasteiger partial charge in [0.2, 0.25) is 0 Å². The quantitative estimate of drug-likeness (QED) is 0.709. The number of rotatable bonds is 7. The average molecular weight is 255 g/mol. The van der Waals surface area contributed by atoms with Crippen molar-refractivity contribution in [1.82, 2.24) is 0 Å². The van der Waals surface area contributed by atoms with Gasteiger partial charge in [-0.25, -0.2) is 8.42 Å². The van der Waals surface area contributed by atoms with Crippen molar-refractivity contribution in [3.8, 4) is 0 Å². The summed E-state index contributed by atoms with van der Waals surface area (Å²) in [6, 6.07) is 0. The van der Waals surface area contributed by atoms with Gasteiger partial charge in [0, 0.05) is 21.8 Å². The van der Waals surface area contributed by atoms with Crippen LogP contribution >= 0.6 is 0 Å². The third kappa shape index (κ3) is 5.63. The molecular weight excluding hydrogens is 234 g/mol. The molecule has 2 atom stereocenters. The Morgan fingerprint density at radius 1 is 1.27 bits per heavy atom. The van der Waals surface area contributed by atoms with Gasteiger partial charge >= 0.3 is 0 Å². The lowest BCUT2D eigenvalue weighted by Crippen LogP contribution is -2.25. The predicted octanol–water partition coefficient (Wildman–Crippen LogP) is 0.296. The van der Waals surface area contributed by atoms with Crippen LogP contribution in [0.3, 0.4) is 0 Å². The van der Waals surface area contributed by atoms with Crippen LogP contribution in [0.25, 0.3) is 0 Å². The summed E-state index contributed by atoms with van der Waals surface area (Å²) in [5, 5.41) is -0.406. The van der Waals surface area contributed by atoms with E-state index in [2.05, 4.69) is 0 Å². The largest absolute Gasteiger partial charge is 0.330 e. The van der Waals surface area contributed by atoms with E-state index in [1.807, 2.05) is 6.92 Å². The second-order valence-corrected chi connectivity index (χ2v) is 8.54. The van der Waals surface area contributed by atoms with Gasteiger partial charge in [-0.1, -0.05) is 6.92 Å². The lowest BCUT2D eigenvalue weighted by Gasteiger charge is -2.11. The zero-order valence-electron chi connectivity index (χ0n) is 9.60. The summed E-state index contributed by atoms with van der Waals surface area (Å²) < 4.78 is 34.5. The highest BCUT2D eigenvalue weighted by Gasteiger charge is 2.19. The predicted molar refractivity (Wildman–Crippen MR) is 65.1 cm³/mol. The van der Waals surface area contributed by atoms with E-state index in [9.17, 15) is 12.6 Å². The van der Waals surface area contributed by atoms with E-state index in [0.717, 1.165) is 0 Å². The summed E-state index contributed by atoms with van der Waals surface area (Å²) in [4.78, 5) is 0. The molecule has 2 N–H and O–H groups in total. The fourth-order valence-electron chi connectivity index (χ4n) is 1.00. The monoisotopic (exact) mass is 255 g/mol. The molecule has 0 saturated heterocycles. The Hall–Kier alpha value is 0.0600. The van der Waals surface area contributed by atoms with Crippen LogP contribution in [0.15, 0.2) is 0 Å². The van der Waals surface area contributed by atoms with E-state index in [1.165, 1.54) is 0 Å². The van der Waals surface area contributed by atoms with Gasteiger partial charge in [0.1, 0.15) is 0 Å². The molecule has 0 aliphatic carbocycles. The molecule has 15 heavy (non-hydrogen) atoms. The third-order valence-electron chi connectivity index (χ3n) is 2.31. The lowest BCUT2D eigenvalue weighted by atomic mass is 10.3. The van der Waals surface area contributed by atoms with Crippen molar-refractivity contribution in [2.24, 2.45) is 5.73 Å². The van der Waals surface area contributed by atoms with Gasteiger partial charge in [0.05, 0.1) is 11.0 Å². The van der Waals surface area contributed by atoms with Crippen molar-refractivity contribution in [2.75, 3.05) is 18.1 Å². The molecule has 6 heteroatoms. The van der Waals surface area contributed by atoms with E-state index < -0.39 is 20.6 Å². The lowest BCUT2D eigenvalue weighted by molar-refractivity contribution is 0.588. The zero-order valence-corrected chi connectivity index (χ0v) is 11.2. The first-order chi connectivity index (χ1) is 6.81. The standard InChI is InChI=1S/C9H21NO3S2/c1-8(2)15(12,13)7-6-14(11)9(3)4-5-10/h8-9H,4-7,10H2,1-3H3. The maximum Gasteiger partial charge on any atom is 0.153 e. The first-order valence-corrected chi connectivity index (χ1v) is 8.19. The van der Waals surface area contributed by atoms with Crippen LogP contribution in [-0.2, 0) is 20.6 Å². The van der Waals surface area contributed by atoms with Crippen LogP contribution in [0.1, 0.15) is 27.2 Å². The van der Waals surface area contributed by atoms with Crippen molar-refractivity contribution in [1.29, 1.82) is 0 Å². The minimum atomic E-state index is -3.07. The molecular formula is C9H21NO3S2. The maximum absolute atomic E-state index is 11.6. The minimum Gasteiger partial charge on any atom is -0.330 e. The van der Waals surface area contributed by atoms with Gasteiger partial charge in [-0.3, -0.25) is 4.21 Å². The van der Waals surface area contributed by atoms with Crippen LogP contribution in [0.5, 0.6) is 0 Å². The summed E-state index contributed by atoms with van der Waals surface area (Å²) in [5.74, 6) is 0.230. The molecule has 92 valence electrons. The average Bonchev–Trinajstić information content (AvgIpc) is 2.14. The SMILES string of the molecule is CC(CCN)S(=O)CCS(=O)(=O)C(C)C. The molecule has 0 aromatic rings. The molecule has 0 aromatic heterocycles. The Bertz CT molecular complexity index is 298. The number of nitrogens with two attached hydrogens (primary N) is 1. The van der Waals surface area contributed by atoms with Gasteiger partial charge < -0.3 is 5.73 Å². The fourth-order valence-corrected chi connectivity index (χ4v) is 3.86. The maximum atomic E-state index is 11.6. The van der Waals surface area contributed by atoms with E-state index in [1.54, 1.807) is 13.8 Å². The normalized spacial score (nSPS) is 16.6. The Labute approximate surface area is 95.0 Å². The summed E-state index contributed by atoms with van der Waals surface area (Å²) in [7, 11) is -4.15. The summed E-state index contributed by atoms with van der Waals surface area (Å²) in [6.45, 7) is 5.61. The number of sulfone groups is 1. The number of hydrogen-bond donors (Lipinski definition) is 1. The van der Waals surface area contributed by atoms with Crippen LogP contribution < -0.4 is 5.73 Å². The minimum absolute atomic E-state index is 0.00614. The smallest absolute Gasteiger partial charge is 0.153 e. The van der Waals surface area contributed by atoms with Gasteiger partial charge in [0.25, 0.3) is 0 Å². The van der Waals surface area contributed by atoms with E-state index in [-0.39, 0.29) is 22.0 Å². The Morgan fingerprint density at radius 3 is 2.20 bits per heavy atom. The Morgan fingerprint density at radius 2 is 1.80 bits per heavy atom. The molecule has 0 aliphatic heterocycles. The van der Waals surface area contributed by atoms with Crippen LogP contribution in [-0.4, -0.2) is 41.2 Å². The molecule has 0 heterocycles. The van der Waals surface area contributed by atoms with Gasteiger partial charge in [-0.2, -0.15) is 0 Å². The second kappa shape index (κ2) is 6.60. The van der Waals surface area contributed by atoms with E-state index >= 15 is 0 Å². The first-order valence-electron chi connectivity index (χ1n) is 5.10. The highest BCUT2D eigenvalue weighted by molar-refractivity contribution is 7.93. The van der Waals surface area contributed by atoms with Crippen molar-refractivity contribution in [3.63, 3.8) is 0 Å². The molecule has 0 amide bonds. The summed E-state index contributed by atoms with van der Waals surface area (Å²) in [5.41, 5.74) is 5.34. The van der Waals surface area contributed by atoms with Gasteiger partial charge in [0.15, 0.2) is 9.84 Å². The molecule has 0 fully saturated rings. The molecule has 0 radical (unpaired) electrons. The van der Waals surface area contributed by atoms with E-state index in [0.29, 0.717) is 13.0 Å². The molecule has 0 aliphatic rings. The summed E-state index contributed by atoms with van der Waals surface area (Å²) >= 11 is 0. The van der Waals surface area contributed by atoms with Crippen molar-refractivity contribution < 1.29 is 12.6 Å². The molecule has 0 aromatic carbocycles. The first kappa shape index (κ1) is 15.1. The second-order valence-electron chi connectivity index (χ2n) is 3.89.